The van der Waals surface area contributed by atoms with E-state index in [1.165, 1.54) is 5.56 Å². The fourth-order valence-electron chi connectivity index (χ4n) is 4.06. The molecule has 0 saturated carbocycles. The molecule has 0 atom stereocenters. The molecule has 5 nitrogen and oxygen atoms in total. The summed E-state index contributed by atoms with van der Waals surface area (Å²) in [5, 5.41) is 1.06. The van der Waals surface area contributed by atoms with Crippen LogP contribution in [0.3, 0.4) is 0 Å². The van der Waals surface area contributed by atoms with Gasteiger partial charge in [0.2, 0.25) is 0 Å². The maximum absolute atomic E-state index is 6.15. The van der Waals surface area contributed by atoms with Gasteiger partial charge in [-0.1, -0.05) is 48.5 Å². The van der Waals surface area contributed by atoms with E-state index in [0.717, 1.165) is 66.4 Å². The van der Waals surface area contributed by atoms with Gasteiger partial charge in [0, 0.05) is 5.39 Å². The maximum atomic E-state index is 6.15. The van der Waals surface area contributed by atoms with Crippen LogP contribution in [0.2, 0.25) is 0 Å². The molecular weight excluding hydrogens is 396 g/mol. The summed E-state index contributed by atoms with van der Waals surface area (Å²) >= 11 is 0. The zero-order chi connectivity index (χ0) is 19.6. The van der Waals surface area contributed by atoms with Crippen LogP contribution in [-0.2, 0) is 0 Å². The Bertz CT molecular complexity index is 1160. The largest absolute Gasteiger partial charge is 1.00 e. The summed E-state index contributed by atoms with van der Waals surface area (Å²) in [5.41, 5.74) is 3.86. The van der Waals surface area contributed by atoms with Gasteiger partial charge in [0.15, 0.2) is 11.4 Å². The third-order valence-corrected chi connectivity index (χ3v) is 5.60. The van der Waals surface area contributed by atoms with Crippen molar-refractivity contribution < 1.29 is 21.7 Å². The zero-order valence-electron chi connectivity index (χ0n) is 17.0. The van der Waals surface area contributed by atoms with Crippen molar-refractivity contribution >= 4 is 34.0 Å². The van der Waals surface area contributed by atoms with Crippen molar-refractivity contribution in [1.82, 2.24) is 9.97 Å². The number of anilines is 1. The van der Waals surface area contributed by atoms with E-state index >= 15 is 0 Å². The quantitative estimate of drug-likeness (QED) is 0.509. The van der Waals surface area contributed by atoms with Gasteiger partial charge in [-0.3, -0.25) is 0 Å². The lowest BCUT2D eigenvalue weighted by molar-refractivity contribution is -0.894. The molecule has 1 aliphatic rings. The second-order valence-corrected chi connectivity index (χ2v) is 7.62. The highest BCUT2D eigenvalue weighted by molar-refractivity contribution is 6.05. The third kappa shape index (κ3) is 4.04. The van der Waals surface area contributed by atoms with Gasteiger partial charge in [0.25, 0.3) is 0 Å². The lowest BCUT2D eigenvalue weighted by Gasteiger charge is -2.32. The smallest absolute Gasteiger partial charge is 0.196 e. The van der Waals surface area contributed by atoms with E-state index in [4.69, 9.17) is 9.40 Å². The van der Waals surface area contributed by atoms with Crippen LogP contribution in [0.1, 0.15) is 11.4 Å². The second-order valence-electron chi connectivity index (χ2n) is 7.62. The van der Waals surface area contributed by atoms with Crippen LogP contribution in [-0.4, -0.2) is 42.7 Å². The fraction of sp³-hybridized carbons (Fsp3) is 0.250. The van der Waals surface area contributed by atoms with E-state index in [1.807, 2.05) is 25.1 Å². The SMILES string of the molecule is Cc1nc(N2CC[NH+](CC=Cc3ccccc3)CC2)c2oc3ccccc3c2n1.[Cl-]. The summed E-state index contributed by atoms with van der Waals surface area (Å²) in [6, 6.07) is 18.6. The van der Waals surface area contributed by atoms with E-state index in [2.05, 4.69) is 58.4 Å². The molecule has 0 radical (unpaired) electrons. The Balaban J connectivity index is 0.00000218. The lowest BCUT2D eigenvalue weighted by Crippen LogP contribution is -3.14. The Morgan fingerprint density at radius 3 is 2.53 bits per heavy atom. The highest BCUT2D eigenvalue weighted by Gasteiger charge is 2.24. The summed E-state index contributed by atoms with van der Waals surface area (Å²) < 4.78 is 6.15. The van der Waals surface area contributed by atoms with Crippen LogP contribution in [0.25, 0.3) is 28.1 Å². The number of rotatable bonds is 4. The first-order valence-corrected chi connectivity index (χ1v) is 10.2. The fourth-order valence-corrected chi connectivity index (χ4v) is 4.06. The van der Waals surface area contributed by atoms with Crippen molar-refractivity contribution in [3.8, 4) is 0 Å². The molecule has 2 aromatic heterocycles. The standard InChI is InChI=1S/C24H24N4O.ClH/c1-18-25-22-20-11-5-6-12-21(20)29-23(22)24(26-18)28-16-14-27(15-17-28)13-7-10-19-8-3-2-4-9-19;/h2-12H,13-17H2,1H3;1H. The van der Waals surface area contributed by atoms with E-state index in [0.29, 0.717) is 0 Å². The molecule has 154 valence electrons. The minimum atomic E-state index is 0. The molecule has 0 spiro atoms. The Labute approximate surface area is 182 Å². The Kier molecular flexibility index (Phi) is 6.02. The number of hydrogen-bond acceptors (Lipinski definition) is 4. The second kappa shape index (κ2) is 8.86. The minimum Gasteiger partial charge on any atom is -1.00 e. The van der Waals surface area contributed by atoms with Crippen LogP contribution in [0.15, 0.2) is 65.1 Å². The first kappa shape index (κ1) is 20.4. The number of nitrogens with zero attached hydrogens (tertiary/aromatic N) is 3. The van der Waals surface area contributed by atoms with Gasteiger partial charge in [-0.15, -0.1) is 0 Å². The molecule has 6 heteroatoms. The van der Waals surface area contributed by atoms with Crippen molar-refractivity contribution in [3.63, 3.8) is 0 Å². The summed E-state index contributed by atoms with van der Waals surface area (Å²) in [5.74, 6) is 1.72. The van der Waals surface area contributed by atoms with E-state index in [1.54, 1.807) is 4.90 Å². The number of aryl methyl sites for hydroxylation is 1. The van der Waals surface area contributed by atoms with Gasteiger partial charge < -0.3 is 26.6 Å². The first-order chi connectivity index (χ1) is 14.3. The number of benzene rings is 2. The van der Waals surface area contributed by atoms with Crippen molar-refractivity contribution in [1.29, 1.82) is 0 Å². The van der Waals surface area contributed by atoms with Crippen molar-refractivity contribution in [3.05, 3.63) is 72.1 Å². The number of piperazine rings is 1. The number of fused-ring (bicyclic) bond motifs is 3. The van der Waals surface area contributed by atoms with Gasteiger partial charge in [-0.2, -0.15) is 0 Å². The summed E-state index contributed by atoms with van der Waals surface area (Å²) in [6.07, 6.45) is 4.50. The Morgan fingerprint density at radius 2 is 1.73 bits per heavy atom. The van der Waals surface area contributed by atoms with Crippen molar-refractivity contribution in [2.24, 2.45) is 0 Å². The van der Waals surface area contributed by atoms with Crippen LogP contribution in [0.5, 0.6) is 0 Å². The Hall–Kier alpha value is -2.89. The van der Waals surface area contributed by atoms with Crippen LogP contribution in [0, 0.1) is 6.92 Å². The monoisotopic (exact) mass is 420 g/mol. The summed E-state index contributed by atoms with van der Waals surface area (Å²) in [7, 11) is 0. The average Bonchev–Trinajstić information content (AvgIpc) is 3.13. The molecule has 0 unspecified atom stereocenters. The Morgan fingerprint density at radius 1 is 1.00 bits per heavy atom. The molecule has 5 rings (SSSR count). The molecule has 0 amide bonds. The van der Waals surface area contributed by atoms with Crippen LogP contribution >= 0.6 is 0 Å². The molecule has 1 fully saturated rings. The number of hydrogen-bond donors (Lipinski definition) is 1. The molecule has 1 N–H and O–H groups in total. The molecule has 0 aliphatic carbocycles. The summed E-state index contributed by atoms with van der Waals surface area (Å²) in [6.45, 7) is 7.12. The molecule has 4 aromatic rings. The molecule has 0 bridgehead atoms. The molecule has 30 heavy (non-hydrogen) atoms. The number of para-hydroxylation sites is 1. The maximum Gasteiger partial charge on any atom is 0.196 e. The number of quaternary nitrogens is 1. The average molecular weight is 421 g/mol. The zero-order valence-corrected chi connectivity index (χ0v) is 17.8. The molecule has 2 aromatic carbocycles. The topological polar surface area (TPSA) is 46.6 Å². The predicted molar refractivity (Wildman–Crippen MR) is 117 cm³/mol. The van der Waals surface area contributed by atoms with Crippen molar-refractivity contribution in [2.45, 2.75) is 6.92 Å². The molecule has 1 saturated heterocycles. The van der Waals surface area contributed by atoms with Crippen molar-refractivity contribution in [2.75, 3.05) is 37.6 Å². The van der Waals surface area contributed by atoms with Gasteiger partial charge in [0.05, 0.1) is 32.7 Å². The first-order valence-electron chi connectivity index (χ1n) is 10.2. The van der Waals surface area contributed by atoms with E-state index < -0.39 is 0 Å². The lowest BCUT2D eigenvalue weighted by atomic mass is 10.2. The normalized spacial score (nSPS) is 15.2. The highest BCUT2D eigenvalue weighted by Crippen LogP contribution is 2.32. The van der Waals surface area contributed by atoms with Gasteiger partial charge in [-0.25, -0.2) is 9.97 Å². The summed E-state index contributed by atoms with van der Waals surface area (Å²) in [4.78, 5) is 13.4. The predicted octanol–water partition coefficient (Wildman–Crippen LogP) is 0.107. The van der Waals surface area contributed by atoms with Gasteiger partial charge >= 0.3 is 0 Å². The minimum absolute atomic E-state index is 0. The highest BCUT2D eigenvalue weighted by atomic mass is 35.5. The number of halogens is 1. The van der Waals surface area contributed by atoms with Gasteiger partial charge in [-0.05, 0) is 30.7 Å². The van der Waals surface area contributed by atoms with Crippen LogP contribution < -0.4 is 22.2 Å². The third-order valence-electron chi connectivity index (χ3n) is 5.60. The molecular formula is C24H25ClN4O. The number of furan rings is 1. The number of aromatic nitrogens is 2. The molecule has 1 aliphatic heterocycles. The van der Waals surface area contributed by atoms with Gasteiger partial charge in [0.1, 0.15) is 16.9 Å². The number of nitrogens with one attached hydrogen (secondary N) is 1. The molecule has 3 heterocycles. The van der Waals surface area contributed by atoms with E-state index in [-0.39, 0.29) is 12.4 Å². The van der Waals surface area contributed by atoms with Crippen LogP contribution in [0.4, 0.5) is 5.82 Å². The van der Waals surface area contributed by atoms with E-state index in [9.17, 15) is 0 Å².